The summed E-state index contributed by atoms with van der Waals surface area (Å²) in [4.78, 5) is 14.5. The number of hydrogen-bond donors (Lipinski definition) is 2. The first kappa shape index (κ1) is 15.3. The Bertz CT molecular complexity index is 476. The number of carbonyl (C=O) groups is 1. The van der Waals surface area contributed by atoms with Gasteiger partial charge in [-0.25, -0.2) is 0 Å². The van der Waals surface area contributed by atoms with Crippen molar-refractivity contribution in [2.45, 2.75) is 31.2 Å². The first-order valence-electron chi connectivity index (χ1n) is 6.95. The number of hydrogen-bond acceptors (Lipinski definition) is 3. The molecule has 0 spiro atoms. The van der Waals surface area contributed by atoms with E-state index in [4.69, 9.17) is 5.73 Å². The fourth-order valence-corrected chi connectivity index (χ4v) is 3.42. The van der Waals surface area contributed by atoms with Gasteiger partial charge >= 0.3 is 0 Å². The zero-order valence-corrected chi connectivity index (χ0v) is 13.7. The molecule has 0 aliphatic heterocycles. The van der Waals surface area contributed by atoms with Gasteiger partial charge in [-0.15, -0.1) is 0 Å². The van der Waals surface area contributed by atoms with E-state index in [2.05, 4.69) is 40.2 Å². The molecule has 110 valence electrons. The Labute approximate surface area is 128 Å². The topological polar surface area (TPSA) is 58.4 Å². The van der Waals surface area contributed by atoms with Crippen molar-refractivity contribution in [2.75, 3.05) is 26.4 Å². The van der Waals surface area contributed by atoms with Gasteiger partial charge in [-0.3, -0.25) is 4.79 Å². The number of benzene rings is 1. The van der Waals surface area contributed by atoms with E-state index in [-0.39, 0.29) is 11.4 Å². The maximum absolute atomic E-state index is 12.3. The molecule has 3 N–H and O–H groups in total. The van der Waals surface area contributed by atoms with Crippen LogP contribution in [-0.2, 0) is 0 Å². The van der Waals surface area contributed by atoms with Crippen LogP contribution in [0.15, 0.2) is 22.7 Å². The van der Waals surface area contributed by atoms with Gasteiger partial charge in [0.1, 0.15) is 0 Å². The molecule has 2 rings (SSSR count). The quantitative estimate of drug-likeness (QED) is 0.829. The van der Waals surface area contributed by atoms with Gasteiger partial charge in [0.15, 0.2) is 0 Å². The predicted molar refractivity (Wildman–Crippen MR) is 85.8 cm³/mol. The van der Waals surface area contributed by atoms with E-state index in [0.29, 0.717) is 17.8 Å². The summed E-state index contributed by atoms with van der Waals surface area (Å²) in [6.45, 7) is 0.686. The average molecular weight is 340 g/mol. The normalized spacial score (nSPS) is 17.4. The first-order chi connectivity index (χ1) is 9.43. The van der Waals surface area contributed by atoms with E-state index in [1.807, 2.05) is 0 Å². The van der Waals surface area contributed by atoms with E-state index < -0.39 is 0 Å². The minimum Gasteiger partial charge on any atom is -0.399 e. The van der Waals surface area contributed by atoms with Crippen LogP contribution in [0.2, 0.25) is 0 Å². The Morgan fingerprint density at radius 3 is 2.55 bits per heavy atom. The van der Waals surface area contributed by atoms with E-state index in [1.165, 1.54) is 12.8 Å². The number of carbonyl (C=O) groups excluding carboxylic acids is 1. The van der Waals surface area contributed by atoms with Gasteiger partial charge in [-0.1, -0.05) is 28.8 Å². The standard InChI is InChI=1S/C15H22BrN3O/c1-19(2)15(5-3-4-6-15)10-18-14(20)11-7-12(16)9-13(17)8-11/h7-9H,3-6,10,17H2,1-2H3,(H,18,20). The number of anilines is 1. The number of rotatable bonds is 4. The molecule has 0 saturated heterocycles. The highest BCUT2D eigenvalue weighted by atomic mass is 79.9. The SMILES string of the molecule is CN(C)C1(CNC(=O)c2cc(N)cc(Br)c2)CCCC1. The highest BCUT2D eigenvalue weighted by molar-refractivity contribution is 9.10. The second kappa shape index (κ2) is 6.14. The molecule has 0 aromatic heterocycles. The fourth-order valence-electron chi connectivity index (χ4n) is 2.91. The molecule has 1 saturated carbocycles. The number of nitrogens with two attached hydrogens (primary N) is 1. The van der Waals surface area contributed by atoms with Crippen molar-refractivity contribution >= 4 is 27.5 Å². The third-order valence-electron chi connectivity index (χ3n) is 4.24. The van der Waals surface area contributed by atoms with E-state index in [9.17, 15) is 4.79 Å². The Balaban J connectivity index is 2.04. The smallest absolute Gasteiger partial charge is 0.251 e. The molecule has 4 nitrogen and oxygen atoms in total. The maximum atomic E-state index is 12.3. The van der Waals surface area contributed by atoms with Gasteiger partial charge in [-0.2, -0.15) is 0 Å². The van der Waals surface area contributed by atoms with Crippen LogP contribution in [0.4, 0.5) is 5.69 Å². The summed E-state index contributed by atoms with van der Waals surface area (Å²) >= 11 is 3.36. The molecule has 20 heavy (non-hydrogen) atoms. The van der Waals surface area contributed by atoms with Crippen LogP contribution in [-0.4, -0.2) is 37.0 Å². The number of likely N-dealkylation sites (N-methyl/N-ethyl adjacent to an activating group) is 1. The van der Waals surface area contributed by atoms with Crippen molar-refractivity contribution < 1.29 is 4.79 Å². The van der Waals surface area contributed by atoms with Gasteiger partial charge < -0.3 is 16.0 Å². The van der Waals surface area contributed by atoms with Crippen molar-refractivity contribution in [1.82, 2.24) is 10.2 Å². The maximum Gasteiger partial charge on any atom is 0.251 e. The molecule has 0 heterocycles. The summed E-state index contributed by atoms with van der Waals surface area (Å²) in [5, 5.41) is 3.06. The molecular formula is C15H22BrN3O. The monoisotopic (exact) mass is 339 g/mol. The zero-order chi connectivity index (χ0) is 14.8. The molecule has 5 heteroatoms. The molecule has 1 fully saturated rings. The number of nitrogens with zero attached hydrogens (tertiary/aromatic N) is 1. The molecular weight excluding hydrogens is 318 g/mol. The molecule has 0 radical (unpaired) electrons. The van der Waals surface area contributed by atoms with Crippen LogP contribution in [0, 0.1) is 0 Å². The van der Waals surface area contributed by atoms with E-state index >= 15 is 0 Å². The number of halogens is 1. The minimum absolute atomic E-state index is 0.0638. The summed E-state index contributed by atoms with van der Waals surface area (Å²) in [5.74, 6) is -0.0638. The molecule has 0 unspecified atom stereocenters. The Kier molecular flexibility index (Phi) is 4.70. The number of nitrogen functional groups attached to an aromatic ring is 1. The van der Waals surface area contributed by atoms with Crippen molar-refractivity contribution in [1.29, 1.82) is 0 Å². The first-order valence-corrected chi connectivity index (χ1v) is 7.74. The second-order valence-corrected chi connectivity index (χ2v) is 6.70. The van der Waals surface area contributed by atoms with Crippen LogP contribution in [0.5, 0.6) is 0 Å². The van der Waals surface area contributed by atoms with Gasteiger partial charge in [0.2, 0.25) is 0 Å². The molecule has 1 aromatic carbocycles. The van der Waals surface area contributed by atoms with Gasteiger partial charge in [-0.05, 0) is 45.1 Å². The van der Waals surface area contributed by atoms with Gasteiger partial charge in [0.05, 0.1) is 0 Å². The van der Waals surface area contributed by atoms with Crippen molar-refractivity contribution in [3.63, 3.8) is 0 Å². The summed E-state index contributed by atoms with van der Waals surface area (Å²) in [6.07, 6.45) is 4.75. The average Bonchev–Trinajstić information content (AvgIpc) is 2.84. The summed E-state index contributed by atoms with van der Waals surface area (Å²) in [5.41, 5.74) is 7.07. The Hall–Kier alpha value is -1.07. The Morgan fingerprint density at radius 1 is 1.35 bits per heavy atom. The minimum atomic E-state index is -0.0638. The van der Waals surface area contributed by atoms with Crippen LogP contribution in [0.1, 0.15) is 36.0 Å². The number of amides is 1. The second-order valence-electron chi connectivity index (χ2n) is 5.78. The molecule has 0 bridgehead atoms. The lowest BCUT2D eigenvalue weighted by Gasteiger charge is -2.36. The largest absolute Gasteiger partial charge is 0.399 e. The highest BCUT2D eigenvalue weighted by Crippen LogP contribution is 2.33. The predicted octanol–water partition coefficient (Wildman–Crippen LogP) is 2.64. The summed E-state index contributed by atoms with van der Waals surface area (Å²) in [7, 11) is 4.18. The van der Waals surface area contributed by atoms with Crippen molar-refractivity contribution in [3.05, 3.63) is 28.2 Å². The van der Waals surface area contributed by atoms with Crippen LogP contribution in [0.3, 0.4) is 0 Å². The lowest BCUT2D eigenvalue weighted by Crippen LogP contribution is -2.50. The molecule has 1 aromatic rings. The van der Waals surface area contributed by atoms with Crippen LogP contribution >= 0.6 is 15.9 Å². The van der Waals surface area contributed by atoms with Gasteiger partial charge in [0.25, 0.3) is 5.91 Å². The number of nitrogens with one attached hydrogen (secondary N) is 1. The molecule has 1 amide bonds. The molecule has 0 atom stereocenters. The fraction of sp³-hybridized carbons (Fsp3) is 0.533. The zero-order valence-electron chi connectivity index (χ0n) is 12.1. The van der Waals surface area contributed by atoms with E-state index in [1.54, 1.807) is 18.2 Å². The van der Waals surface area contributed by atoms with Crippen LogP contribution < -0.4 is 11.1 Å². The van der Waals surface area contributed by atoms with Crippen LogP contribution in [0.25, 0.3) is 0 Å². The van der Waals surface area contributed by atoms with E-state index in [0.717, 1.165) is 17.3 Å². The Morgan fingerprint density at radius 2 is 2.00 bits per heavy atom. The highest BCUT2D eigenvalue weighted by Gasteiger charge is 2.36. The summed E-state index contributed by atoms with van der Waals surface area (Å²) < 4.78 is 0.825. The molecule has 1 aliphatic rings. The summed E-state index contributed by atoms with van der Waals surface area (Å²) in [6, 6.07) is 5.29. The molecule has 1 aliphatic carbocycles. The third kappa shape index (κ3) is 3.33. The van der Waals surface area contributed by atoms with Crippen molar-refractivity contribution in [2.24, 2.45) is 0 Å². The van der Waals surface area contributed by atoms with Gasteiger partial charge in [0, 0.05) is 27.8 Å². The lowest BCUT2D eigenvalue weighted by molar-refractivity contribution is 0.0900. The van der Waals surface area contributed by atoms with Crippen molar-refractivity contribution in [3.8, 4) is 0 Å². The third-order valence-corrected chi connectivity index (χ3v) is 4.70. The lowest BCUT2D eigenvalue weighted by atomic mass is 9.96.